The molecule has 3 rings (SSSR count). The van der Waals surface area contributed by atoms with Crippen LogP contribution in [-0.4, -0.2) is 67.7 Å². The summed E-state index contributed by atoms with van der Waals surface area (Å²) in [4.78, 5) is 7.64. The molecular weight excluding hydrogens is 260 g/mol. The third-order valence-corrected chi connectivity index (χ3v) is 5.07. The molecule has 2 atom stereocenters. The van der Waals surface area contributed by atoms with E-state index in [1.165, 1.54) is 5.69 Å². The van der Waals surface area contributed by atoms with Crippen molar-refractivity contribution in [3.63, 3.8) is 0 Å². The second-order valence-electron chi connectivity index (χ2n) is 6.27. The lowest BCUT2D eigenvalue weighted by atomic mass is 9.98. The molecule has 116 valence electrons. The number of hydrogen-bond acceptors (Lipinski definition) is 4. The van der Waals surface area contributed by atoms with Crippen molar-refractivity contribution in [1.82, 2.24) is 9.80 Å². The zero-order valence-electron chi connectivity index (χ0n) is 13.1. The number of nitrogens with two attached hydrogens (primary N) is 1. The summed E-state index contributed by atoms with van der Waals surface area (Å²) in [5.41, 5.74) is 7.74. The quantitative estimate of drug-likeness (QED) is 0.907. The first-order chi connectivity index (χ1) is 10.3. The monoisotopic (exact) mass is 288 g/mol. The highest BCUT2D eigenvalue weighted by Gasteiger charge is 2.32. The molecule has 2 aliphatic heterocycles. The molecule has 2 aliphatic rings. The highest BCUT2D eigenvalue weighted by Crippen LogP contribution is 2.20. The Kier molecular flexibility index (Phi) is 4.78. The van der Waals surface area contributed by atoms with Gasteiger partial charge in [0.15, 0.2) is 0 Å². The van der Waals surface area contributed by atoms with Crippen molar-refractivity contribution in [3.8, 4) is 0 Å². The molecule has 0 saturated carbocycles. The summed E-state index contributed by atoms with van der Waals surface area (Å²) in [6, 6.07) is 11.6. The van der Waals surface area contributed by atoms with Crippen molar-refractivity contribution in [1.29, 1.82) is 0 Å². The lowest BCUT2D eigenvalue weighted by molar-refractivity contribution is 0.0801. The van der Waals surface area contributed by atoms with E-state index >= 15 is 0 Å². The van der Waals surface area contributed by atoms with Crippen LogP contribution < -0.4 is 10.6 Å². The summed E-state index contributed by atoms with van der Waals surface area (Å²) in [6.45, 7) is 10.2. The van der Waals surface area contributed by atoms with Gasteiger partial charge in [-0.25, -0.2) is 0 Å². The van der Waals surface area contributed by atoms with Gasteiger partial charge >= 0.3 is 0 Å². The van der Waals surface area contributed by atoms with Gasteiger partial charge in [0.1, 0.15) is 0 Å². The number of benzene rings is 1. The smallest absolute Gasteiger partial charge is 0.0376 e. The molecule has 2 heterocycles. The fourth-order valence-electron chi connectivity index (χ4n) is 3.64. The standard InChI is InChI=1S/C17H28N4/c1-2-19-9-8-16(18)17(14-19)21-12-10-20(11-13-21)15-6-4-3-5-7-15/h3-7,16-17H,2,8-14,18H2,1H3. The molecule has 0 bridgehead atoms. The summed E-state index contributed by atoms with van der Waals surface area (Å²) in [6.07, 6.45) is 1.14. The first-order valence-corrected chi connectivity index (χ1v) is 8.30. The van der Waals surface area contributed by atoms with E-state index in [0.717, 1.165) is 52.2 Å². The maximum Gasteiger partial charge on any atom is 0.0376 e. The average molecular weight is 288 g/mol. The van der Waals surface area contributed by atoms with Gasteiger partial charge in [-0.05, 0) is 31.6 Å². The predicted molar refractivity (Wildman–Crippen MR) is 88.7 cm³/mol. The minimum atomic E-state index is 0.344. The number of piperidine rings is 1. The number of anilines is 1. The van der Waals surface area contributed by atoms with Crippen LogP contribution in [0.1, 0.15) is 13.3 Å². The minimum Gasteiger partial charge on any atom is -0.369 e. The van der Waals surface area contributed by atoms with Gasteiger partial charge in [0.25, 0.3) is 0 Å². The molecule has 4 nitrogen and oxygen atoms in total. The fraction of sp³-hybridized carbons (Fsp3) is 0.647. The average Bonchev–Trinajstić information content (AvgIpc) is 2.56. The second-order valence-corrected chi connectivity index (χ2v) is 6.27. The Bertz CT molecular complexity index is 428. The molecule has 1 aromatic rings. The Morgan fingerprint density at radius 2 is 1.76 bits per heavy atom. The van der Waals surface area contributed by atoms with Crippen LogP contribution in [0.15, 0.2) is 30.3 Å². The zero-order chi connectivity index (χ0) is 14.7. The Balaban J connectivity index is 1.57. The molecule has 1 aromatic carbocycles. The van der Waals surface area contributed by atoms with Gasteiger partial charge in [-0.1, -0.05) is 25.1 Å². The highest BCUT2D eigenvalue weighted by atomic mass is 15.3. The van der Waals surface area contributed by atoms with Crippen LogP contribution in [0, 0.1) is 0 Å². The predicted octanol–water partition coefficient (Wildman–Crippen LogP) is 1.23. The normalized spacial score (nSPS) is 28.8. The van der Waals surface area contributed by atoms with E-state index in [1.807, 2.05) is 0 Å². The van der Waals surface area contributed by atoms with Crippen LogP contribution in [0.2, 0.25) is 0 Å². The van der Waals surface area contributed by atoms with Crippen LogP contribution in [0.3, 0.4) is 0 Å². The minimum absolute atomic E-state index is 0.344. The largest absolute Gasteiger partial charge is 0.369 e. The molecule has 0 aromatic heterocycles. The number of piperazine rings is 1. The van der Waals surface area contributed by atoms with Crippen LogP contribution in [0.5, 0.6) is 0 Å². The zero-order valence-corrected chi connectivity index (χ0v) is 13.1. The molecular formula is C17H28N4. The molecule has 0 spiro atoms. The van der Waals surface area contributed by atoms with E-state index in [0.29, 0.717) is 12.1 Å². The van der Waals surface area contributed by atoms with Gasteiger partial charge in [0.05, 0.1) is 0 Å². The lowest BCUT2D eigenvalue weighted by Crippen LogP contribution is -2.62. The van der Waals surface area contributed by atoms with Gasteiger partial charge < -0.3 is 15.5 Å². The Hall–Kier alpha value is -1.10. The Morgan fingerprint density at radius 3 is 2.43 bits per heavy atom. The van der Waals surface area contributed by atoms with Gasteiger partial charge in [-0.15, -0.1) is 0 Å². The fourth-order valence-corrected chi connectivity index (χ4v) is 3.64. The van der Waals surface area contributed by atoms with Gasteiger partial charge in [0, 0.05) is 50.5 Å². The molecule has 2 unspecified atom stereocenters. The number of rotatable bonds is 3. The van der Waals surface area contributed by atoms with E-state index in [1.54, 1.807) is 0 Å². The van der Waals surface area contributed by atoms with Crippen LogP contribution in [0.4, 0.5) is 5.69 Å². The molecule has 0 radical (unpaired) electrons. The molecule has 4 heteroatoms. The van der Waals surface area contributed by atoms with Crippen molar-refractivity contribution in [2.75, 3.05) is 50.7 Å². The third-order valence-electron chi connectivity index (χ3n) is 5.07. The van der Waals surface area contributed by atoms with Gasteiger partial charge in [0.2, 0.25) is 0 Å². The van der Waals surface area contributed by atoms with Crippen molar-refractivity contribution in [2.24, 2.45) is 5.73 Å². The number of hydrogen-bond donors (Lipinski definition) is 1. The van der Waals surface area contributed by atoms with E-state index in [9.17, 15) is 0 Å². The third kappa shape index (κ3) is 3.39. The first-order valence-electron chi connectivity index (χ1n) is 8.30. The number of nitrogens with zero attached hydrogens (tertiary/aromatic N) is 3. The van der Waals surface area contributed by atoms with E-state index in [-0.39, 0.29) is 0 Å². The van der Waals surface area contributed by atoms with Crippen molar-refractivity contribution in [3.05, 3.63) is 30.3 Å². The lowest BCUT2D eigenvalue weighted by Gasteiger charge is -2.46. The number of para-hydroxylation sites is 1. The number of likely N-dealkylation sites (tertiary alicyclic amines) is 1. The Labute approximate surface area is 128 Å². The molecule has 2 fully saturated rings. The van der Waals surface area contributed by atoms with Crippen LogP contribution >= 0.6 is 0 Å². The van der Waals surface area contributed by atoms with Crippen molar-refractivity contribution >= 4 is 5.69 Å². The molecule has 2 N–H and O–H groups in total. The first kappa shape index (κ1) is 14.8. The van der Waals surface area contributed by atoms with E-state index in [4.69, 9.17) is 5.73 Å². The van der Waals surface area contributed by atoms with Crippen molar-refractivity contribution in [2.45, 2.75) is 25.4 Å². The summed E-state index contributed by atoms with van der Waals surface area (Å²) in [7, 11) is 0. The summed E-state index contributed by atoms with van der Waals surface area (Å²) in [5.74, 6) is 0. The van der Waals surface area contributed by atoms with Crippen molar-refractivity contribution < 1.29 is 0 Å². The van der Waals surface area contributed by atoms with E-state index < -0.39 is 0 Å². The molecule has 0 amide bonds. The van der Waals surface area contributed by atoms with Gasteiger partial charge in [-0.3, -0.25) is 4.90 Å². The second kappa shape index (κ2) is 6.77. The Morgan fingerprint density at radius 1 is 1.05 bits per heavy atom. The van der Waals surface area contributed by atoms with E-state index in [2.05, 4.69) is 52.0 Å². The summed E-state index contributed by atoms with van der Waals surface area (Å²) >= 11 is 0. The van der Waals surface area contributed by atoms with Gasteiger partial charge in [-0.2, -0.15) is 0 Å². The number of likely N-dealkylation sites (N-methyl/N-ethyl adjacent to an activating group) is 1. The molecule has 2 saturated heterocycles. The SMILES string of the molecule is CCN1CCC(N)C(N2CCN(c3ccccc3)CC2)C1. The molecule has 21 heavy (non-hydrogen) atoms. The highest BCUT2D eigenvalue weighted by molar-refractivity contribution is 5.46. The summed E-state index contributed by atoms with van der Waals surface area (Å²) in [5, 5.41) is 0. The van der Waals surface area contributed by atoms with Crippen LogP contribution in [-0.2, 0) is 0 Å². The van der Waals surface area contributed by atoms with Crippen LogP contribution in [0.25, 0.3) is 0 Å². The topological polar surface area (TPSA) is 35.7 Å². The maximum absolute atomic E-state index is 6.39. The molecule has 0 aliphatic carbocycles. The maximum atomic E-state index is 6.39. The summed E-state index contributed by atoms with van der Waals surface area (Å²) < 4.78 is 0.